The van der Waals surface area contributed by atoms with Gasteiger partial charge in [-0.15, -0.1) is 0 Å². The van der Waals surface area contributed by atoms with Crippen molar-refractivity contribution >= 4 is 24.2 Å². The Kier molecular flexibility index (Phi) is 4.61. The second-order valence-corrected chi connectivity index (χ2v) is 9.07. The second kappa shape index (κ2) is 7.33. The first-order valence-corrected chi connectivity index (χ1v) is 11.2. The van der Waals surface area contributed by atoms with Crippen molar-refractivity contribution in [1.29, 1.82) is 0 Å². The van der Waals surface area contributed by atoms with Gasteiger partial charge < -0.3 is 14.0 Å². The molecule has 4 heterocycles. The molecule has 0 saturated carbocycles. The minimum Gasteiger partial charge on any atom is -0.399 e. The molecule has 8 nitrogen and oxygen atoms in total. The lowest BCUT2D eigenvalue weighted by atomic mass is 9.75. The summed E-state index contributed by atoms with van der Waals surface area (Å²) in [6, 6.07) is 16.0. The molecule has 1 aliphatic carbocycles. The molecule has 5 atom stereocenters. The van der Waals surface area contributed by atoms with E-state index in [9.17, 15) is 9.59 Å². The Morgan fingerprint density at radius 2 is 1.79 bits per heavy atom. The van der Waals surface area contributed by atoms with E-state index in [0.29, 0.717) is 5.69 Å². The maximum absolute atomic E-state index is 13.4. The molecule has 1 aromatic heterocycles. The molecule has 7 rings (SSSR count). The third-order valence-corrected chi connectivity index (χ3v) is 7.25. The molecule has 2 aromatic carbocycles. The fourth-order valence-electron chi connectivity index (χ4n) is 5.09. The quantitative estimate of drug-likeness (QED) is 0.333. The van der Waals surface area contributed by atoms with Crippen LogP contribution in [0.2, 0.25) is 0 Å². The lowest BCUT2D eigenvalue weighted by Gasteiger charge is -2.46. The first-order valence-electron chi connectivity index (χ1n) is 10.8. The van der Waals surface area contributed by atoms with Gasteiger partial charge in [0.1, 0.15) is 12.1 Å². The number of halogens is 1. The van der Waals surface area contributed by atoms with Gasteiger partial charge in [-0.05, 0) is 36.2 Å². The summed E-state index contributed by atoms with van der Waals surface area (Å²) in [6.45, 7) is 1.95. The highest BCUT2D eigenvalue weighted by molar-refractivity contribution is 6.62. The van der Waals surface area contributed by atoms with E-state index in [2.05, 4.69) is 0 Å². The predicted octanol–water partition coefficient (Wildman–Crippen LogP) is 1.70. The maximum atomic E-state index is 13.4. The Balaban J connectivity index is 1.45. The van der Waals surface area contributed by atoms with Gasteiger partial charge in [-0.25, -0.2) is 23.5 Å². The molecule has 0 radical (unpaired) electrons. The average molecular weight is 466 g/mol. The van der Waals surface area contributed by atoms with Crippen LogP contribution in [0.25, 0.3) is 5.69 Å². The van der Waals surface area contributed by atoms with Crippen LogP contribution < -0.4 is 16.8 Å². The summed E-state index contributed by atoms with van der Waals surface area (Å²) in [4.78, 5) is 25.4. The van der Waals surface area contributed by atoms with Crippen molar-refractivity contribution in [3.63, 3.8) is 0 Å². The Hall–Kier alpha value is -2.85. The van der Waals surface area contributed by atoms with Crippen molar-refractivity contribution < 1.29 is 14.0 Å². The normalized spacial score (nSPS) is 28.1. The molecule has 4 aliphatic rings. The minimum absolute atomic E-state index is 0.162. The lowest BCUT2D eigenvalue weighted by Crippen LogP contribution is -2.61. The summed E-state index contributed by atoms with van der Waals surface area (Å²) in [7, 11) is 0.943. The number of aromatic nitrogens is 3. The molecule has 0 spiro atoms. The topological polar surface area (TPSA) is 76.6 Å². The molecule has 2 bridgehead atoms. The Morgan fingerprint density at radius 3 is 2.55 bits per heavy atom. The van der Waals surface area contributed by atoms with Crippen molar-refractivity contribution in [2.24, 2.45) is 0 Å². The largest absolute Gasteiger partial charge is 0.495 e. The van der Waals surface area contributed by atoms with E-state index in [1.807, 2.05) is 43.3 Å². The first-order chi connectivity index (χ1) is 16.0. The van der Waals surface area contributed by atoms with Gasteiger partial charge in [-0.1, -0.05) is 60.1 Å². The Morgan fingerprint density at radius 1 is 1.06 bits per heavy atom. The third-order valence-electron chi connectivity index (χ3n) is 6.75. The van der Waals surface area contributed by atoms with E-state index >= 15 is 0 Å². The molecule has 3 aliphatic heterocycles. The number of methoxy groups -OCH3 is 1. The van der Waals surface area contributed by atoms with Crippen LogP contribution in [0.4, 0.5) is 0 Å². The van der Waals surface area contributed by atoms with Gasteiger partial charge in [0.05, 0.1) is 17.9 Å². The summed E-state index contributed by atoms with van der Waals surface area (Å²) in [6.07, 6.45) is 2.19. The van der Waals surface area contributed by atoms with E-state index < -0.39 is 41.7 Å². The monoisotopic (exact) mass is 465 g/mol. The molecule has 33 heavy (non-hydrogen) atoms. The van der Waals surface area contributed by atoms with Gasteiger partial charge >= 0.3 is 18.5 Å². The fourth-order valence-corrected chi connectivity index (χ4v) is 5.49. The summed E-state index contributed by atoms with van der Waals surface area (Å²) >= 11 is 7.06. The fraction of sp³-hybridized carbons (Fsp3) is 0.304. The van der Waals surface area contributed by atoms with Crippen LogP contribution in [0.3, 0.4) is 0 Å². The number of alkyl halides is 1. The zero-order valence-electron chi connectivity index (χ0n) is 18.0. The summed E-state index contributed by atoms with van der Waals surface area (Å²) in [5, 5.41) is 0. The number of para-hydroxylation sites is 1. The average Bonchev–Trinajstić information content (AvgIpc) is 3.41. The number of nitrogens with zero attached hydrogens (tertiary/aromatic N) is 3. The highest BCUT2D eigenvalue weighted by Gasteiger charge is 2.62. The molecule has 3 aromatic rings. The second-order valence-electron chi connectivity index (χ2n) is 8.47. The molecule has 10 heteroatoms. The Bertz CT molecular complexity index is 1380. The van der Waals surface area contributed by atoms with Gasteiger partial charge in [0.15, 0.2) is 5.00 Å². The maximum Gasteiger partial charge on any atom is 0.495 e. The molecule has 0 amide bonds. The van der Waals surface area contributed by atoms with Gasteiger partial charge in [0.25, 0.3) is 0 Å². The molecule has 1 saturated heterocycles. The van der Waals surface area contributed by atoms with Crippen LogP contribution in [0, 0.1) is 0 Å². The van der Waals surface area contributed by atoms with E-state index in [1.165, 1.54) is 9.36 Å². The Labute approximate surface area is 194 Å². The van der Waals surface area contributed by atoms with Crippen LogP contribution >= 0.6 is 11.6 Å². The molecule has 1 fully saturated rings. The van der Waals surface area contributed by atoms with Gasteiger partial charge in [0.2, 0.25) is 0 Å². The standard InChI is InChI=1S/C23H21BClN3O5/c1-14(31-2)16-10-6-7-11-17(16)24-32-19-18-12-13-23(25,20(19)33-24)28-22(30)26(21(29)27(18)28)15-8-4-3-5-9-15/h3-14,18-20H,1-2H3/t14-,18-,19-,20-,23+/m0/s1. The minimum atomic E-state index is -1.40. The first kappa shape index (κ1) is 20.7. The zero-order chi connectivity index (χ0) is 22.9. The predicted molar refractivity (Wildman–Crippen MR) is 123 cm³/mol. The summed E-state index contributed by atoms with van der Waals surface area (Å²) in [5.41, 5.74) is 1.27. The van der Waals surface area contributed by atoms with Crippen LogP contribution in [0.15, 0.2) is 76.3 Å². The van der Waals surface area contributed by atoms with Gasteiger partial charge in [-0.3, -0.25) is 0 Å². The molecular weight excluding hydrogens is 445 g/mol. The molecule has 0 N–H and O–H groups in total. The van der Waals surface area contributed by atoms with Gasteiger partial charge in [-0.2, -0.15) is 0 Å². The number of ether oxygens (including phenoxy) is 1. The molecule has 0 unspecified atom stereocenters. The van der Waals surface area contributed by atoms with Crippen LogP contribution in [0.1, 0.15) is 24.6 Å². The number of benzene rings is 2. The number of hydrogen-bond acceptors (Lipinski definition) is 5. The summed E-state index contributed by atoms with van der Waals surface area (Å²) in [5.74, 6) is 0. The highest BCUT2D eigenvalue weighted by Crippen LogP contribution is 2.47. The molecular formula is C23H21BClN3O5. The van der Waals surface area contributed by atoms with E-state index in [4.69, 9.17) is 25.6 Å². The van der Waals surface area contributed by atoms with Crippen molar-refractivity contribution in [3.8, 4) is 5.69 Å². The SMILES string of the molecule is CO[C@@H](C)c1ccccc1B1O[C@H]2[C@@H]3C=C[C@](Cl)([C@H]2O1)n1c(=O)n(-c2ccccc2)c(=O)n13. The highest BCUT2D eigenvalue weighted by atomic mass is 35.5. The van der Waals surface area contributed by atoms with Crippen LogP contribution in [-0.4, -0.2) is 40.4 Å². The lowest BCUT2D eigenvalue weighted by molar-refractivity contribution is 0.00854. The van der Waals surface area contributed by atoms with Crippen LogP contribution in [-0.2, 0) is 19.0 Å². The van der Waals surface area contributed by atoms with Crippen molar-refractivity contribution in [3.05, 3.63) is 93.3 Å². The van der Waals surface area contributed by atoms with E-state index in [0.717, 1.165) is 15.6 Å². The van der Waals surface area contributed by atoms with E-state index in [1.54, 1.807) is 37.5 Å². The van der Waals surface area contributed by atoms with Crippen molar-refractivity contribution in [1.82, 2.24) is 13.9 Å². The number of hydrogen-bond donors (Lipinski definition) is 0. The van der Waals surface area contributed by atoms with Gasteiger partial charge in [0, 0.05) is 7.11 Å². The molecule has 168 valence electrons. The third kappa shape index (κ3) is 2.77. The number of rotatable bonds is 4. The smallest absolute Gasteiger partial charge is 0.399 e. The summed E-state index contributed by atoms with van der Waals surface area (Å²) < 4.78 is 22.0. The van der Waals surface area contributed by atoms with Crippen molar-refractivity contribution in [2.75, 3.05) is 7.11 Å². The van der Waals surface area contributed by atoms with E-state index in [-0.39, 0.29) is 6.10 Å². The van der Waals surface area contributed by atoms with Crippen LogP contribution in [0.5, 0.6) is 0 Å². The van der Waals surface area contributed by atoms with Crippen molar-refractivity contribution in [2.45, 2.75) is 36.3 Å². The zero-order valence-corrected chi connectivity index (χ0v) is 18.8.